The molecular formula is C10H18N4O. The van der Waals surface area contributed by atoms with E-state index in [0.29, 0.717) is 6.54 Å². The average Bonchev–Trinajstić information content (AvgIpc) is 2.69. The molecule has 0 radical (unpaired) electrons. The van der Waals surface area contributed by atoms with Crippen molar-refractivity contribution in [3.05, 3.63) is 11.6 Å². The van der Waals surface area contributed by atoms with E-state index in [1.54, 1.807) is 0 Å². The summed E-state index contributed by atoms with van der Waals surface area (Å²) in [6.45, 7) is 3.45. The molecule has 5 heteroatoms. The Kier molecular flexibility index (Phi) is 3.02. The van der Waals surface area contributed by atoms with Crippen LogP contribution in [0.3, 0.4) is 0 Å². The van der Waals surface area contributed by atoms with Crippen molar-refractivity contribution in [2.24, 2.45) is 5.73 Å². The Morgan fingerprint density at radius 2 is 2.40 bits per heavy atom. The van der Waals surface area contributed by atoms with Crippen molar-refractivity contribution < 1.29 is 4.74 Å². The van der Waals surface area contributed by atoms with E-state index >= 15 is 0 Å². The molecule has 2 heterocycles. The Morgan fingerprint density at radius 3 is 3.07 bits per heavy atom. The van der Waals surface area contributed by atoms with Gasteiger partial charge in [0.05, 0.1) is 0 Å². The van der Waals surface area contributed by atoms with Crippen LogP contribution in [-0.4, -0.2) is 28.3 Å². The van der Waals surface area contributed by atoms with Gasteiger partial charge in [0.15, 0.2) is 5.82 Å². The molecule has 0 amide bonds. The summed E-state index contributed by atoms with van der Waals surface area (Å²) in [7, 11) is 0. The first-order valence-electron chi connectivity index (χ1n) is 5.50. The standard InChI is InChI=1S/C10H18N4O/c1-10(5-2-3-7-15-10)9-12-8(4-6-11)13-14-9/h2-7,11H2,1H3,(H,12,13,14). The van der Waals surface area contributed by atoms with Crippen LogP contribution in [0.1, 0.15) is 37.8 Å². The summed E-state index contributed by atoms with van der Waals surface area (Å²) in [6.07, 6.45) is 4.04. The molecule has 1 aliphatic rings. The van der Waals surface area contributed by atoms with Gasteiger partial charge in [-0.05, 0) is 32.7 Å². The fourth-order valence-corrected chi connectivity index (χ4v) is 1.89. The van der Waals surface area contributed by atoms with Crippen LogP contribution < -0.4 is 5.73 Å². The Morgan fingerprint density at radius 1 is 1.53 bits per heavy atom. The van der Waals surface area contributed by atoms with E-state index in [9.17, 15) is 0 Å². The Balaban J connectivity index is 2.12. The average molecular weight is 210 g/mol. The quantitative estimate of drug-likeness (QED) is 0.770. The van der Waals surface area contributed by atoms with E-state index in [1.165, 1.54) is 6.42 Å². The number of hydrogen-bond acceptors (Lipinski definition) is 4. The Labute approximate surface area is 89.4 Å². The topological polar surface area (TPSA) is 76.8 Å². The van der Waals surface area contributed by atoms with E-state index < -0.39 is 0 Å². The van der Waals surface area contributed by atoms with Crippen LogP contribution in [0.25, 0.3) is 0 Å². The van der Waals surface area contributed by atoms with Crippen molar-refractivity contribution >= 4 is 0 Å². The smallest absolute Gasteiger partial charge is 0.182 e. The molecule has 0 aromatic carbocycles. The monoisotopic (exact) mass is 210 g/mol. The molecule has 15 heavy (non-hydrogen) atoms. The fraction of sp³-hybridized carbons (Fsp3) is 0.800. The minimum absolute atomic E-state index is 0.304. The van der Waals surface area contributed by atoms with Crippen LogP contribution in [0.4, 0.5) is 0 Å². The van der Waals surface area contributed by atoms with Gasteiger partial charge in [0.1, 0.15) is 11.4 Å². The van der Waals surface area contributed by atoms with E-state index in [2.05, 4.69) is 22.1 Å². The second kappa shape index (κ2) is 4.28. The zero-order valence-corrected chi connectivity index (χ0v) is 9.12. The predicted molar refractivity (Wildman–Crippen MR) is 56.3 cm³/mol. The van der Waals surface area contributed by atoms with Gasteiger partial charge in [0, 0.05) is 13.0 Å². The number of H-pyrrole nitrogens is 1. The molecule has 3 N–H and O–H groups in total. The van der Waals surface area contributed by atoms with E-state index in [-0.39, 0.29) is 5.60 Å². The molecule has 0 bridgehead atoms. The summed E-state index contributed by atoms with van der Waals surface area (Å²) in [5.74, 6) is 1.62. The zero-order chi connectivity index (χ0) is 10.7. The van der Waals surface area contributed by atoms with Gasteiger partial charge >= 0.3 is 0 Å². The maximum atomic E-state index is 5.77. The lowest BCUT2D eigenvalue weighted by Gasteiger charge is -2.30. The van der Waals surface area contributed by atoms with Crippen LogP contribution in [0.5, 0.6) is 0 Å². The van der Waals surface area contributed by atoms with E-state index in [1.807, 2.05) is 0 Å². The molecule has 1 fully saturated rings. The zero-order valence-electron chi connectivity index (χ0n) is 9.12. The molecular weight excluding hydrogens is 192 g/mol. The van der Waals surface area contributed by atoms with Crippen LogP contribution >= 0.6 is 0 Å². The van der Waals surface area contributed by atoms with Gasteiger partial charge < -0.3 is 10.5 Å². The number of nitrogens with one attached hydrogen (secondary N) is 1. The highest BCUT2D eigenvalue weighted by atomic mass is 16.5. The number of aromatic amines is 1. The number of nitrogens with zero attached hydrogens (tertiary/aromatic N) is 2. The van der Waals surface area contributed by atoms with Crippen LogP contribution in [0.2, 0.25) is 0 Å². The lowest BCUT2D eigenvalue weighted by Crippen LogP contribution is -2.31. The molecule has 1 atom stereocenters. The SMILES string of the molecule is CC1(c2n[nH]c(CCN)n2)CCCCO1. The van der Waals surface area contributed by atoms with Gasteiger partial charge in [-0.25, -0.2) is 4.98 Å². The summed E-state index contributed by atoms with van der Waals surface area (Å²) in [4.78, 5) is 4.42. The molecule has 1 saturated heterocycles. The van der Waals surface area contributed by atoms with Gasteiger partial charge in [0.2, 0.25) is 0 Å². The summed E-state index contributed by atoms with van der Waals surface area (Å²) < 4.78 is 5.77. The third kappa shape index (κ3) is 2.18. The number of hydrogen-bond donors (Lipinski definition) is 2. The van der Waals surface area contributed by atoms with Gasteiger partial charge in [-0.1, -0.05) is 0 Å². The summed E-state index contributed by atoms with van der Waals surface area (Å²) in [6, 6.07) is 0. The molecule has 1 unspecified atom stereocenters. The van der Waals surface area contributed by atoms with Gasteiger partial charge in [-0.15, -0.1) is 0 Å². The minimum atomic E-state index is -0.304. The normalized spacial score (nSPS) is 26.8. The lowest BCUT2D eigenvalue weighted by molar-refractivity contribution is -0.0758. The van der Waals surface area contributed by atoms with Crippen LogP contribution in [0, 0.1) is 0 Å². The number of ether oxygens (including phenoxy) is 1. The van der Waals surface area contributed by atoms with Crippen LogP contribution in [-0.2, 0) is 16.8 Å². The Bertz CT molecular complexity index is 317. The highest BCUT2D eigenvalue weighted by molar-refractivity contribution is 5.02. The van der Waals surface area contributed by atoms with E-state index in [0.717, 1.165) is 37.5 Å². The maximum absolute atomic E-state index is 5.77. The van der Waals surface area contributed by atoms with E-state index in [4.69, 9.17) is 10.5 Å². The molecule has 1 aliphatic heterocycles. The van der Waals surface area contributed by atoms with Crippen molar-refractivity contribution in [1.82, 2.24) is 15.2 Å². The van der Waals surface area contributed by atoms with Crippen LogP contribution in [0.15, 0.2) is 0 Å². The summed E-state index contributed by atoms with van der Waals surface area (Å²) >= 11 is 0. The number of nitrogens with two attached hydrogens (primary N) is 1. The van der Waals surface area contributed by atoms with Crippen molar-refractivity contribution in [1.29, 1.82) is 0 Å². The van der Waals surface area contributed by atoms with Gasteiger partial charge in [-0.2, -0.15) is 5.10 Å². The molecule has 1 aromatic rings. The van der Waals surface area contributed by atoms with Gasteiger partial charge in [-0.3, -0.25) is 5.10 Å². The number of aromatic nitrogens is 3. The van der Waals surface area contributed by atoms with Crippen molar-refractivity contribution in [2.45, 2.75) is 38.2 Å². The molecule has 0 aliphatic carbocycles. The molecule has 2 rings (SSSR count). The molecule has 0 saturated carbocycles. The number of rotatable bonds is 3. The second-order valence-electron chi connectivity index (χ2n) is 4.18. The maximum Gasteiger partial charge on any atom is 0.182 e. The van der Waals surface area contributed by atoms with Crippen molar-refractivity contribution in [3.8, 4) is 0 Å². The first-order valence-corrected chi connectivity index (χ1v) is 5.50. The van der Waals surface area contributed by atoms with Crippen molar-refractivity contribution in [3.63, 3.8) is 0 Å². The Hall–Kier alpha value is -0.940. The minimum Gasteiger partial charge on any atom is -0.367 e. The molecule has 0 spiro atoms. The molecule has 84 valence electrons. The summed E-state index contributed by atoms with van der Waals surface area (Å²) in [5, 5.41) is 7.12. The first-order chi connectivity index (χ1) is 7.24. The third-order valence-electron chi connectivity index (χ3n) is 2.85. The highest BCUT2D eigenvalue weighted by Gasteiger charge is 2.33. The van der Waals surface area contributed by atoms with Crippen molar-refractivity contribution in [2.75, 3.05) is 13.2 Å². The second-order valence-corrected chi connectivity index (χ2v) is 4.18. The molecule has 5 nitrogen and oxygen atoms in total. The van der Waals surface area contributed by atoms with Gasteiger partial charge in [0.25, 0.3) is 0 Å². The molecule has 1 aromatic heterocycles. The summed E-state index contributed by atoms with van der Waals surface area (Å²) in [5.41, 5.74) is 5.16. The fourth-order valence-electron chi connectivity index (χ4n) is 1.89. The predicted octanol–water partition coefficient (Wildman–Crippen LogP) is 0.722. The highest BCUT2D eigenvalue weighted by Crippen LogP contribution is 2.32. The lowest BCUT2D eigenvalue weighted by atomic mass is 9.95. The largest absolute Gasteiger partial charge is 0.367 e. The third-order valence-corrected chi connectivity index (χ3v) is 2.85. The first kappa shape index (κ1) is 10.6.